The van der Waals surface area contributed by atoms with Crippen LogP contribution in [-0.2, 0) is 5.54 Å². The van der Waals surface area contributed by atoms with Gasteiger partial charge in [-0.15, -0.1) is 0 Å². The first-order valence-corrected chi connectivity index (χ1v) is 4.88. The third-order valence-electron chi connectivity index (χ3n) is 2.79. The van der Waals surface area contributed by atoms with Gasteiger partial charge >= 0.3 is 0 Å². The van der Waals surface area contributed by atoms with Gasteiger partial charge in [0, 0.05) is 18.6 Å². The standard InChI is InChI=1S/C11H15NO2/c12-11(5-7-13)6-8-14-10-4-2-1-3-9(10)11/h1-4,13H,5-8,12H2. The van der Waals surface area contributed by atoms with Crippen LogP contribution in [0.5, 0.6) is 5.75 Å². The molecule has 0 bridgehead atoms. The lowest BCUT2D eigenvalue weighted by atomic mass is 9.83. The van der Waals surface area contributed by atoms with E-state index in [-0.39, 0.29) is 6.61 Å². The number of aliphatic hydroxyl groups excluding tert-OH is 1. The van der Waals surface area contributed by atoms with Crippen LogP contribution in [0.2, 0.25) is 0 Å². The molecule has 0 saturated heterocycles. The lowest BCUT2D eigenvalue weighted by molar-refractivity contribution is 0.175. The first kappa shape index (κ1) is 9.49. The molecule has 1 heterocycles. The van der Waals surface area contributed by atoms with Gasteiger partial charge in [0.15, 0.2) is 0 Å². The summed E-state index contributed by atoms with van der Waals surface area (Å²) < 4.78 is 5.50. The molecule has 76 valence electrons. The molecule has 0 amide bonds. The van der Waals surface area contributed by atoms with Crippen molar-refractivity contribution in [1.29, 1.82) is 0 Å². The van der Waals surface area contributed by atoms with E-state index in [1.54, 1.807) is 0 Å². The zero-order valence-corrected chi connectivity index (χ0v) is 8.07. The van der Waals surface area contributed by atoms with E-state index in [4.69, 9.17) is 15.6 Å². The van der Waals surface area contributed by atoms with Crippen LogP contribution in [0.3, 0.4) is 0 Å². The van der Waals surface area contributed by atoms with Gasteiger partial charge in [-0.3, -0.25) is 0 Å². The molecule has 0 fully saturated rings. The van der Waals surface area contributed by atoms with Gasteiger partial charge in [-0.25, -0.2) is 0 Å². The summed E-state index contributed by atoms with van der Waals surface area (Å²) in [6.07, 6.45) is 1.36. The van der Waals surface area contributed by atoms with Crippen LogP contribution in [0.4, 0.5) is 0 Å². The maximum atomic E-state index is 8.99. The van der Waals surface area contributed by atoms with Crippen molar-refractivity contribution in [2.45, 2.75) is 18.4 Å². The van der Waals surface area contributed by atoms with Gasteiger partial charge in [-0.2, -0.15) is 0 Å². The minimum absolute atomic E-state index is 0.116. The fourth-order valence-corrected chi connectivity index (χ4v) is 1.94. The molecular weight excluding hydrogens is 178 g/mol. The average Bonchev–Trinajstić information content (AvgIpc) is 2.19. The Morgan fingerprint density at radius 1 is 1.43 bits per heavy atom. The highest BCUT2D eigenvalue weighted by Gasteiger charge is 2.32. The molecule has 1 aromatic carbocycles. The number of para-hydroxylation sites is 1. The van der Waals surface area contributed by atoms with Gasteiger partial charge < -0.3 is 15.6 Å². The number of hydrogen-bond acceptors (Lipinski definition) is 3. The molecule has 3 N–H and O–H groups in total. The second-order valence-electron chi connectivity index (χ2n) is 3.72. The largest absolute Gasteiger partial charge is 0.493 e. The van der Waals surface area contributed by atoms with Gasteiger partial charge in [0.2, 0.25) is 0 Å². The maximum Gasteiger partial charge on any atom is 0.124 e. The molecule has 0 spiro atoms. The minimum Gasteiger partial charge on any atom is -0.493 e. The van der Waals surface area contributed by atoms with Gasteiger partial charge in [-0.05, 0) is 12.5 Å². The maximum absolute atomic E-state index is 8.99. The Balaban J connectivity index is 2.39. The highest BCUT2D eigenvalue weighted by Crippen LogP contribution is 2.36. The van der Waals surface area contributed by atoms with E-state index < -0.39 is 5.54 Å². The molecule has 1 aromatic rings. The van der Waals surface area contributed by atoms with Crippen molar-refractivity contribution in [1.82, 2.24) is 0 Å². The van der Waals surface area contributed by atoms with E-state index in [9.17, 15) is 0 Å². The van der Waals surface area contributed by atoms with Crippen molar-refractivity contribution >= 4 is 0 Å². The first-order valence-electron chi connectivity index (χ1n) is 4.88. The molecular formula is C11H15NO2. The zero-order valence-electron chi connectivity index (χ0n) is 8.07. The van der Waals surface area contributed by atoms with Gasteiger partial charge in [0.25, 0.3) is 0 Å². The Morgan fingerprint density at radius 3 is 3.00 bits per heavy atom. The summed E-state index contributed by atoms with van der Waals surface area (Å²) in [5.74, 6) is 0.856. The normalized spacial score (nSPS) is 25.3. The number of fused-ring (bicyclic) bond motifs is 1. The van der Waals surface area contributed by atoms with Crippen molar-refractivity contribution in [3.05, 3.63) is 29.8 Å². The molecule has 14 heavy (non-hydrogen) atoms. The summed E-state index contributed by atoms with van der Waals surface area (Å²) >= 11 is 0. The number of hydrogen-bond donors (Lipinski definition) is 2. The van der Waals surface area contributed by atoms with E-state index in [0.29, 0.717) is 13.0 Å². The molecule has 1 aliphatic rings. The van der Waals surface area contributed by atoms with Crippen LogP contribution >= 0.6 is 0 Å². The van der Waals surface area contributed by atoms with Crippen molar-refractivity contribution in [2.24, 2.45) is 5.73 Å². The van der Waals surface area contributed by atoms with E-state index in [0.717, 1.165) is 17.7 Å². The predicted molar refractivity (Wildman–Crippen MR) is 54.1 cm³/mol. The average molecular weight is 193 g/mol. The third kappa shape index (κ3) is 1.49. The van der Waals surface area contributed by atoms with Crippen molar-refractivity contribution < 1.29 is 9.84 Å². The lowest BCUT2D eigenvalue weighted by Crippen LogP contribution is -2.42. The molecule has 0 saturated carbocycles. The van der Waals surface area contributed by atoms with E-state index in [1.807, 2.05) is 24.3 Å². The summed E-state index contributed by atoms with van der Waals surface area (Å²) in [7, 11) is 0. The van der Waals surface area contributed by atoms with Crippen molar-refractivity contribution in [3.63, 3.8) is 0 Å². The van der Waals surface area contributed by atoms with E-state index >= 15 is 0 Å². The Hall–Kier alpha value is -1.06. The fraction of sp³-hybridized carbons (Fsp3) is 0.455. The molecule has 0 aliphatic carbocycles. The van der Waals surface area contributed by atoms with Crippen LogP contribution in [0.15, 0.2) is 24.3 Å². The molecule has 3 nitrogen and oxygen atoms in total. The summed E-state index contributed by atoms with van der Waals surface area (Å²) in [6.45, 7) is 0.748. The van der Waals surface area contributed by atoms with Crippen molar-refractivity contribution in [2.75, 3.05) is 13.2 Å². The Morgan fingerprint density at radius 2 is 2.21 bits per heavy atom. The predicted octanol–water partition coefficient (Wildman–Crippen LogP) is 1.01. The number of ether oxygens (including phenoxy) is 1. The van der Waals surface area contributed by atoms with Crippen LogP contribution < -0.4 is 10.5 Å². The second kappa shape index (κ2) is 3.59. The van der Waals surface area contributed by atoms with E-state index in [1.165, 1.54) is 0 Å². The van der Waals surface area contributed by atoms with Gasteiger partial charge in [0.05, 0.1) is 12.1 Å². The van der Waals surface area contributed by atoms with E-state index in [2.05, 4.69) is 0 Å². The molecule has 1 aliphatic heterocycles. The molecule has 0 radical (unpaired) electrons. The number of nitrogens with two attached hydrogens (primary N) is 1. The quantitative estimate of drug-likeness (QED) is 0.737. The fourth-order valence-electron chi connectivity index (χ4n) is 1.94. The van der Waals surface area contributed by atoms with Crippen LogP contribution in [0.1, 0.15) is 18.4 Å². The van der Waals surface area contributed by atoms with Gasteiger partial charge in [0.1, 0.15) is 5.75 Å². The summed E-state index contributed by atoms with van der Waals surface area (Å²) in [5.41, 5.74) is 6.84. The SMILES string of the molecule is NC1(CCO)CCOc2ccccc21. The molecule has 2 rings (SSSR count). The van der Waals surface area contributed by atoms with Crippen LogP contribution in [0, 0.1) is 0 Å². The second-order valence-corrected chi connectivity index (χ2v) is 3.72. The minimum atomic E-state index is -0.413. The van der Waals surface area contributed by atoms with Crippen LogP contribution in [-0.4, -0.2) is 18.3 Å². The smallest absolute Gasteiger partial charge is 0.124 e. The number of aliphatic hydroxyl groups is 1. The summed E-state index contributed by atoms with van der Waals surface area (Å²) in [4.78, 5) is 0. The molecule has 1 unspecified atom stereocenters. The monoisotopic (exact) mass is 193 g/mol. The third-order valence-corrected chi connectivity index (χ3v) is 2.79. The first-order chi connectivity index (χ1) is 6.76. The zero-order chi connectivity index (χ0) is 10.0. The van der Waals surface area contributed by atoms with Crippen molar-refractivity contribution in [3.8, 4) is 5.75 Å². The topological polar surface area (TPSA) is 55.5 Å². The lowest BCUT2D eigenvalue weighted by Gasteiger charge is -2.35. The summed E-state index contributed by atoms with van der Waals surface area (Å²) in [6, 6.07) is 7.79. The molecule has 0 aromatic heterocycles. The number of benzene rings is 1. The summed E-state index contributed by atoms with van der Waals surface area (Å²) in [5, 5.41) is 8.99. The van der Waals surface area contributed by atoms with Gasteiger partial charge in [-0.1, -0.05) is 18.2 Å². The van der Waals surface area contributed by atoms with Crippen LogP contribution in [0.25, 0.3) is 0 Å². The molecule has 1 atom stereocenters. The molecule has 3 heteroatoms. The Bertz CT molecular complexity index is 327. The Kier molecular flexibility index (Phi) is 2.44. The number of rotatable bonds is 2. The Labute approximate surface area is 83.5 Å². The highest BCUT2D eigenvalue weighted by molar-refractivity contribution is 5.40. The highest BCUT2D eigenvalue weighted by atomic mass is 16.5.